The van der Waals surface area contributed by atoms with E-state index < -0.39 is 10.0 Å². The summed E-state index contributed by atoms with van der Waals surface area (Å²) in [4.78, 5) is 8.18. The number of nitrogens with zero attached hydrogens (tertiary/aromatic N) is 2. The van der Waals surface area contributed by atoms with E-state index >= 15 is 0 Å². The minimum Gasteiger partial charge on any atom is -0.353 e. The third kappa shape index (κ3) is 3.64. The third-order valence-corrected chi connectivity index (χ3v) is 4.42. The Hall–Kier alpha value is -1.21. The molecule has 0 bridgehead atoms. The molecular formula is C10H16N4O2S. The first-order valence-corrected chi connectivity index (χ1v) is 7.14. The van der Waals surface area contributed by atoms with Crippen molar-refractivity contribution in [3.63, 3.8) is 0 Å². The number of hydrogen-bond donors (Lipinski definition) is 2. The molecule has 2 N–H and O–H groups in total. The van der Waals surface area contributed by atoms with Crippen LogP contribution in [0.15, 0.2) is 12.3 Å². The van der Waals surface area contributed by atoms with E-state index in [1.54, 1.807) is 12.3 Å². The second-order valence-corrected chi connectivity index (χ2v) is 6.13. The summed E-state index contributed by atoms with van der Waals surface area (Å²) >= 11 is 0. The highest BCUT2D eigenvalue weighted by Crippen LogP contribution is 2.27. The van der Waals surface area contributed by atoms with Crippen LogP contribution >= 0.6 is 0 Å². The molecule has 0 amide bonds. The molecule has 6 nitrogen and oxygen atoms in total. The summed E-state index contributed by atoms with van der Waals surface area (Å²) < 4.78 is 25.5. The molecule has 1 aliphatic carbocycles. The number of hydrogen-bond acceptors (Lipinski definition) is 5. The minimum atomic E-state index is -3.08. The van der Waals surface area contributed by atoms with Crippen LogP contribution in [0.1, 0.15) is 18.5 Å². The first-order valence-electron chi connectivity index (χ1n) is 5.60. The second-order valence-electron chi connectivity index (χ2n) is 4.09. The van der Waals surface area contributed by atoms with Crippen LogP contribution < -0.4 is 10.0 Å². The summed E-state index contributed by atoms with van der Waals surface area (Å²) in [5.74, 6) is 0.524. The molecule has 17 heavy (non-hydrogen) atoms. The number of aryl methyl sites for hydroxylation is 1. The Labute approximate surface area is 101 Å². The van der Waals surface area contributed by atoms with Gasteiger partial charge < -0.3 is 5.32 Å². The fraction of sp³-hybridized carbons (Fsp3) is 0.600. The molecule has 1 aromatic heterocycles. The van der Waals surface area contributed by atoms with Crippen LogP contribution in [0.4, 0.5) is 5.95 Å². The average Bonchev–Trinajstić information content (AvgIpc) is 3.08. The van der Waals surface area contributed by atoms with E-state index in [-0.39, 0.29) is 5.25 Å². The maximum atomic E-state index is 11.5. The van der Waals surface area contributed by atoms with Gasteiger partial charge in [0.2, 0.25) is 16.0 Å². The Kier molecular flexibility index (Phi) is 3.58. The lowest BCUT2D eigenvalue weighted by atomic mass is 10.5. The quantitative estimate of drug-likeness (QED) is 0.714. The molecule has 0 unspecified atom stereocenters. The Morgan fingerprint density at radius 2 is 2.18 bits per heavy atom. The van der Waals surface area contributed by atoms with E-state index in [0.29, 0.717) is 19.0 Å². The van der Waals surface area contributed by atoms with Gasteiger partial charge in [0, 0.05) is 25.0 Å². The Morgan fingerprint density at radius 1 is 1.41 bits per heavy atom. The zero-order chi connectivity index (χ0) is 12.3. The summed E-state index contributed by atoms with van der Waals surface area (Å²) in [5, 5.41) is 2.80. The summed E-state index contributed by atoms with van der Waals surface area (Å²) in [6.45, 7) is 2.72. The highest BCUT2D eigenvalue weighted by atomic mass is 32.2. The van der Waals surface area contributed by atoms with Gasteiger partial charge in [0.05, 0.1) is 5.25 Å². The first-order chi connectivity index (χ1) is 8.08. The molecule has 0 saturated heterocycles. The molecular weight excluding hydrogens is 240 g/mol. The van der Waals surface area contributed by atoms with E-state index in [9.17, 15) is 8.42 Å². The van der Waals surface area contributed by atoms with Crippen LogP contribution in [0.2, 0.25) is 0 Å². The summed E-state index contributed by atoms with van der Waals surface area (Å²) in [6.07, 6.45) is 3.23. The zero-order valence-electron chi connectivity index (χ0n) is 9.68. The van der Waals surface area contributed by atoms with Crippen molar-refractivity contribution in [2.45, 2.75) is 25.0 Å². The van der Waals surface area contributed by atoms with Crippen molar-refractivity contribution in [1.29, 1.82) is 0 Å². The monoisotopic (exact) mass is 256 g/mol. The van der Waals surface area contributed by atoms with E-state index in [0.717, 1.165) is 18.5 Å². The Bertz CT molecular complexity index is 485. The van der Waals surface area contributed by atoms with Crippen molar-refractivity contribution in [3.8, 4) is 0 Å². The third-order valence-electron chi connectivity index (χ3n) is 2.47. The van der Waals surface area contributed by atoms with Crippen LogP contribution in [0.3, 0.4) is 0 Å². The summed E-state index contributed by atoms with van der Waals surface area (Å²) in [5.41, 5.74) is 0.876. The molecule has 0 aliphatic heterocycles. The molecule has 0 radical (unpaired) electrons. The number of nitrogens with one attached hydrogen (secondary N) is 2. The van der Waals surface area contributed by atoms with Crippen molar-refractivity contribution in [2.24, 2.45) is 0 Å². The Balaban J connectivity index is 1.73. The predicted molar refractivity (Wildman–Crippen MR) is 65.2 cm³/mol. The largest absolute Gasteiger partial charge is 0.353 e. The predicted octanol–water partition coefficient (Wildman–Crippen LogP) is 0.279. The van der Waals surface area contributed by atoms with Gasteiger partial charge in [-0.15, -0.1) is 0 Å². The van der Waals surface area contributed by atoms with Gasteiger partial charge in [-0.05, 0) is 25.8 Å². The number of anilines is 1. The van der Waals surface area contributed by atoms with Crippen LogP contribution in [0, 0.1) is 6.92 Å². The zero-order valence-corrected chi connectivity index (χ0v) is 10.5. The highest BCUT2D eigenvalue weighted by Gasteiger charge is 2.35. The molecule has 0 atom stereocenters. The van der Waals surface area contributed by atoms with Crippen molar-refractivity contribution in [1.82, 2.24) is 14.7 Å². The fourth-order valence-electron chi connectivity index (χ4n) is 1.40. The molecule has 1 saturated carbocycles. The molecule has 1 aliphatic rings. The summed E-state index contributed by atoms with van der Waals surface area (Å²) in [7, 11) is -3.08. The van der Waals surface area contributed by atoms with Crippen molar-refractivity contribution >= 4 is 16.0 Å². The van der Waals surface area contributed by atoms with Crippen LogP contribution in [-0.2, 0) is 10.0 Å². The molecule has 1 aromatic rings. The topological polar surface area (TPSA) is 84.0 Å². The molecule has 7 heteroatoms. The second kappa shape index (κ2) is 4.97. The van der Waals surface area contributed by atoms with E-state index in [1.165, 1.54) is 0 Å². The maximum absolute atomic E-state index is 11.5. The van der Waals surface area contributed by atoms with Gasteiger partial charge in [-0.3, -0.25) is 0 Å². The SMILES string of the molecule is Cc1ccnc(NCCNS(=O)(=O)C2CC2)n1. The molecule has 2 rings (SSSR count). The van der Waals surface area contributed by atoms with E-state index in [1.807, 2.05) is 6.92 Å². The lowest BCUT2D eigenvalue weighted by Gasteiger charge is -2.07. The number of sulfonamides is 1. The standard InChI is InChI=1S/C10H16N4O2S/c1-8-4-5-11-10(14-8)12-6-7-13-17(15,16)9-2-3-9/h4-5,9,13H,2-3,6-7H2,1H3,(H,11,12,14). The number of aromatic nitrogens is 2. The van der Waals surface area contributed by atoms with Gasteiger partial charge in [-0.1, -0.05) is 0 Å². The molecule has 0 spiro atoms. The molecule has 1 fully saturated rings. The smallest absolute Gasteiger partial charge is 0.222 e. The molecule has 0 aromatic carbocycles. The van der Waals surface area contributed by atoms with Gasteiger partial charge >= 0.3 is 0 Å². The molecule has 94 valence electrons. The average molecular weight is 256 g/mol. The van der Waals surface area contributed by atoms with Gasteiger partial charge in [0.1, 0.15) is 0 Å². The normalized spacial score (nSPS) is 15.8. The van der Waals surface area contributed by atoms with Gasteiger partial charge in [-0.25, -0.2) is 23.1 Å². The van der Waals surface area contributed by atoms with Crippen molar-refractivity contribution in [2.75, 3.05) is 18.4 Å². The Morgan fingerprint density at radius 3 is 2.82 bits per heavy atom. The van der Waals surface area contributed by atoms with Crippen LogP contribution in [0.5, 0.6) is 0 Å². The van der Waals surface area contributed by atoms with Gasteiger partial charge in [0.25, 0.3) is 0 Å². The molecule has 1 heterocycles. The highest BCUT2D eigenvalue weighted by molar-refractivity contribution is 7.90. The van der Waals surface area contributed by atoms with Gasteiger partial charge in [-0.2, -0.15) is 0 Å². The first kappa shape index (κ1) is 12.3. The van der Waals surface area contributed by atoms with Gasteiger partial charge in [0.15, 0.2) is 0 Å². The number of rotatable bonds is 6. The van der Waals surface area contributed by atoms with Crippen molar-refractivity contribution < 1.29 is 8.42 Å². The summed E-state index contributed by atoms with van der Waals surface area (Å²) in [6, 6.07) is 1.81. The van der Waals surface area contributed by atoms with E-state index in [2.05, 4.69) is 20.0 Å². The fourth-order valence-corrected chi connectivity index (χ4v) is 2.78. The lowest BCUT2D eigenvalue weighted by Crippen LogP contribution is -2.31. The van der Waals surface area contributed by atoms with E-state index in [4.69, 9.17) is 0 Å². The van der Waals surface area contributed by atoms with Crippen LogP contribution in [-0.4, -0.2) is 36.7 Å². The maximum Gasteiger partial charge on any atom is 0.222 e. The van der Waals surface area contributed by atoms with Crippen LogP contribution in [0.25, 0.3) is 0 Å². The lowest BCUT2D eigenvalue weighted by molar-refractivity contribution is 0.581. The van der Waals surface area contributed by atoms with Crippen molar-refractivity contribution in [3.05, 3.63) is 18.0 Å². The minimum absolute atomic E-state index is 0.169.